The molecule has 1 fully saturated rings. The third-order valence-corrected chi connectivity index (χ3v) is 7.37. The number of hydrogen-bond acceptors (Lipinski definition) is 5. The number of sulfonamides is 1. The molecule has 1 saturated heterocycles. The molecule has 154 valence electrons. The Bertz CT molecular complexity index is 1130. The summed E-state index contributed by atoms with van der Waals surface area (Å²) in [6.07, 6.45) is 4.84. The summed E-state index contributed by atoms with van der Waals surface area (Å²) in [6.45, 7) is 3.34. The zero-order chi connectivity index (χ0) is 20.6. The number of H-pyrrole nitrogens is 1. The molecule has 1 aliphatic heterocycles. The summed E-state index contributed by atoms with van der Waals surface area (Å²) < 4.78 is 29.1. The van der Waals surface area contributed by atoms with Crippen molar-refractivity contribution in [1.29, 1.82) is 0 Å². The SMILES string of the molecule is Cc1cnc2[nH]cc(-c3cccc(N(C)C)c3)c2c1NS(=O)(=O)C1CCNCC1. The van der Waals surface area contributed by atoms with Crippen LogP contribution in [0.1, 0.15) is 18.4 Å². The molecule has 0 bridgehead atoms. The van der Waals surface area contributed by atoms with Crippen LogP contribution in [0, 0.1) is 6.92 Å². The van der Waals surface area contributed by atoms with Crippen LogP contribution in [0.4, 0.5) is 11.4 Å². The molecule has 2 aromatic heterocycles. The normalized spacial score (nSPS) is 15.6. The Hall–Kier alpha value is -2.58. The second-order valence-corrected chi connectivity index (χ2v) is 9.74. The molecule has 4 rings (SSSR count). The van der Waals surface area contributed by atoms with Crippen LogP contribution in [0.15, 0.2) is 36.7 Å². The number of anilines is 2. The van der Waals surface area contributed by atoms with E-state index in [1.165, 1.54) is 0 Å². The number of hydrogen-bond donors (Lipinski definition) is 3. The van der Waals surface area contributed by atoms with Crippen molar-refractivity contribution in [3.63, 3.8) is 0 Å². The summed E-state index contributed by atoms with van der Waals surface area (Å²) in [5.41, 5.74) is 5.11. The molecule has 1 aliphatic rings. The topological polar surface area (TPSA) is 90.1 Å². The molecule has 29 heavy (non-hydrogen) atoms. The average Bonchev–Trinajstić information content (AvgIpc) is 3.15. The van der Waals surface area contributed by atoms with Crippen molar-refractivity contribution in [2.45, 2.75) is 25.0 Å². The van der Waals surface area contributed by atoms with Crippen molar-refractivity contribution in [2.24, 2.45) is 0 Å². The number of fused-ring (bicyclic) bond motifs is 1. The second-order valence-electron chi connectivity index (χ2n) is 7.78. The fraction of sp³-hybridized carbons (Fsp3) is 0.381. The number of pyridine rings is 1. The van der Waals surface area contributed by atoms with E-state index in [0.717, 1.165) is 40.9 Å². The number of piperidine rings is 1. The summed E-state index contributed by atoms with van der Waals surface area (Å²) in [5.74, 6) is 0. The highest BCUT2D eigenvalue weighted by Gasteiger charge is 2.28. The van der Waals surface area contributed by atoms with Crippen LogP contribution in [-0.2, 0) is 10.0 Å². The Kier molecular flexibility index (Phi) is 5.23. The molecular weight excluding hydrogens is 386 g/mol. The van der Waals surface area contributed by atoms with E-state index in [2.05, 4.69) is 26.1 Å². The third kappa shape index (κ3) is 3.82. The van der Waals surface area contributed by atoms with Crippen molar-refractivity contribution in [3.05, 3.63) is 42.2 Å². The van der Waals surface area contributed by atoms with Crippen molar-refractivity contribution >= 4 is 32.4 Å². The van der Waals surface area contributed by atoms with Gasteiger partial charge in [-0.2, -0.15) is 0 Å². The van der Waals surface area contributed by atoms with E-state index in [9.17, 15) is 8.42 Å². The molecule has 0 amide bonds. The lowest BCUT2D eigenvalue weighted by Crippen LogP contribution is -2.38. The molecule has 3 N–H and O–H groups in total. The first-order valence-corrected chi connectivity index (χ1v) is 11.4. The van der Waals surface area contributed by atoms with Crippen LogP contribution in [0.25, 0.3) is 22.2 Å². The minimum absolute atomic E-state index is 0.383. The molecule has 1 aromatic carbocycles. The summed E-state index contributed by atoms with van der Waals surface area (Å²) >= 11 is 0. The highest BCUT2D eigenvalue weighted by Crippen LogP contribution is 2.37. The Morgan fingerprint density at radius 3 is 2.69 bits per heavy atom. The molecule has 0 saturated carbocycles. The molecule has 7 nitrogen and oxygen atoms in total. The van der Waals surface area contributed by atoms with Crippen molar-refractivity contribution in [1.82, 2.24) is 15.3 Å². The van der Waals surface area contributed by atoms with E-state index >= 15 is 0 Å². The van der Waals surface area contributed by atoms with Crippen LogP contribution in [-0.4, -0.2) is 50.8 Å². The average molecular weight is 414 g/mol. The number of aryl methyl sites for hydroxylation is 1. The van der Waals surface area contributed by atoms with Crippen molar-refractivity contribution in [2.75, 3.05) is 36.8 Å². The minimum Gasteiger partial charge on any atom is -0.378 e. The van der Waals surface area contributed by atoms with Crippen LogP contribution < -0.4 is 14.9 Å². The van der Waals surface area contributed by atoms with Gasteiger partial charge in [0, 0.05) is 37.7 Å². The maximum Gasteiger partial charge on any atom is 0.235 e. The van der Waals surface area contributed by atoms with Crippen LogP contribution in [0.5, 0.6) is 0 Å². The second kappa shape index (κ2) is 7.68. The zero-order valence-electron chi connectivity index (χ0n) is 17.0. The highest BCUT2D eigenvalue weighted by atomic mass is 32.2. The van der Waals surface area contributed by atoms with E-state index in [4.69, 9.17) is 0 Å². The van der Waals surface area contributed by atoms with Crippen molar-refractivity contribution < 1.29 is 8.42 Å². The predicted molar refractivity (Wildman–Crippen MR) is 119 cm³/mol. The fourth-order valence-electron chi connectivity index (χ4n) is 3.83. The maximum absolute atomic E-state index is 13.1. The van der Waals surface area contributed by atoms with Gasteiger partial charge in [-0.1, -0.05) is 12.1 Å². The number of nitrogens with one attached hydrogen (secondary N) is 3. The van der Waals surface area contributed by atoms with E-state index in [-0.39, 0.29) is 5.25 Å². The van der Waals surface area contributed by atoms with Gasteiger partial charge in [0.15, 0.2) is 0 Å². The van der Waals surface area contributed by atoms with Gasteiger partial charge in [-0.05, 0) is 56.1 Å². The Morgan fingerprint density at radius 1 is 1.21 bits per heavy atom. The Morgan fingerprint density at radius 2 is 1.97 bits per heavy atom. The lowest BCUT2D eigenvalue weighted by Gasteiger charge is -2.24. The summed E-state index contributed by atoms with van der Waals surface area (Å²) in [7, 11) is 0.509. The van der Waals surface area contributed by atoms with Gasteiger partial charge < -0.3 is 15.2 Å². The van der Waals surface area contributed by atoms with Crippen LogP contribution in [0.3, 0.4) is 0 Å². The molecule has 0 atom stereocenters. The molecular formula is C21H27N5O2S. The lowest BCUT2D eigenvalue weighted by atomic mass is 10.0. The van der Waals surface area contributed by atoms with Gasteiger partial charge in [0.25, 0.3) is 0 Å². The van der Waals surface area contributed by atoms with Gasteiger partial charge in [-0.15, -0.1) is 0 Å². The standard InChI is InChI=1S/C21H27N5O2S/c1-14-12-23-21-19(20(14)25-29(27,28)17-7-9-22-10-8-17)18(13-24-21)15-5-4-6-16(11-15)26(2)3/h4-6,11-13,17,22H,7-10H2,1-3H3,(H2,23,24,25). The third-order valence-electron chi connectivity index (χ3n) is 5.53. The summed E-state index contributed by atoms with van der Waals surface area (Å²) in [4.78, 5) is 9.72. The van der Waals surface area contributed by atoms with E-state index in [1.54, 1.807) is 6.20 Å². The Balaban J connectivity index is 1.82. The largest absolute Gasteiger partial charge is 0.378 e. The van der Waals surface area contributed by atoms with Gasteiger partial charge in [-0.25, -0.2) is 13.4 Å². The first-order valence-electron chi connectivity index (χ1n) is 9.83. The molecule has 0 unspecified atom stereocenters. The fourth-order valence-corrected chi connectivity index (χ4v) is 5.40. The number of aromatic amines is 1. The first-order chi connectivity index (χ1) is 13.9. The number of rotatable bonds is 5. The smallest absolute Gasteiger partial charge is 0.235 e. The lowest BCUT2D eigenvalue weighted by molar-refractivity contribution is 0.499. The zero-order valence-corrected chi connectivity index (χ0v) is 17.8. The van der Waals surface area contributed by atoms with Gasteiger partial charge in [0.1, 0.15) is 5.65 Å². The monoisotopic (exact) mass is 413 g/mol. The molecule has 3 aromatic rings. The van der Waals surface area contributed by atoms with Crippen LogP contribution in [0.2, 0.25) is 0 Å². The van der Waals surface area contributed by atoms with Crippen molar-refractivity contribution in [3.8, 4) is 11.1 Å². The molecule has 0 radical (unpaired) electrons. The van der Waals surface area contributed by atoms with E-state index in [0.29, 0.717) is 24.2 Å². The number of benzene rings is 1. The molecule has 0 aliphatic carbocycles. The highest BCUT2D eigenvalue weighted by molar-refractivity contribution is 7.93. The predicted octanol–water partition coefficient (Wildman–Crippen LogP) is 3.10. The first kappa shape index (κ1) is 19.7. The number of nitrogens with zero attached hydrogens (tertiary/aromatic N) is 2. The van der Waals surface area contributed by atoms with Crippen LogP contribution >= 0.6 is 0 Å². The van der Waals surface area contributed by atoms with Gasteiger partial charge in [0.2, 0.25) is 10.0 Å². The maximum atomic E-state index is 13.1. The molecule has 8 heteroatoms. The van der Waals surface area contributed by atoms with Gasteiger partial charge in [-0.3, -0.25) is 4.72 Å². The van der Waals surface area contributed by atoms with Gasteiger partial charge >= 0.3 is 0 Å². The summed E-state index contributed by atoms with van der Waals surface area (Å²) in [5, 5.41) is 3.64. The Labute approximate surface area is 171 Å². The van der Waals surface area contributed by atoms with Gasteiger partial charge in [0.05, 0.1) is 16.3 Å². The molecule has 0 spiro atoms. The number of aromatic nitrogens is 2. The van der Waals surface area contributed by atoms with E-state index < -0.39 is 10.0 Å². The minimum atomic E-state index is -3.49. The quantitative estimate of drug-likeness (QED) is 0.598. The van der Waals surface area contributed by atoms with E-state index in [1.807, 2.05) is 50.3 Å². The summed E-state index contributed by atoms with van der Waals surface area (Å²) in [6, 6.07) is 8.17. The molecule has 3 heterocycles.